The third kappa shape index (κ3) is 5.82. The summed E-state index contributed by atoms with van der Waals surface area (Å²) in [5.74, 6) is 0.582. The van der Waals surface area contributed by atoms with E-state index in [1.807, 2.05) is 17.9 Å². The van der Waals surface area contributed by atoms with Crippen LogP contribution in [0.1, 0.15) is 25.9 Å². The number of aryl methyl sites for hydroxylation is 1. The maximum atomic E-state index is 14.0. The van der Waals surface area contributed by atoms with Crippen molar-refractivity contribution in [3.63, 3.8) is 0 Å². The van der Waals surface area contributed by atoms with Gasteiger partial charge in [-0.25, -0.2) is 9.37 Å². The van der Waals surface area contributed by atoms with E-state index in [4.69, 9.17) is 21.1 Å². The van der Waals surface area contributed by atoms with Gasteiger partial charge in [0.05, 0.1) is 12.8 Å². The number of thiazole rings is 1. The van der Waals surface area contributed by atoms with Gasteiger partial charge in [-0.2, -0.15) is 0 Å². The van der Waals surface area contributed by atoms with Gasteiger partial charge in [-0.1, -0.05) is 17.7 Å². The number of nitrogens with zero attached hydrogens (tertiary/aromatic N) is 3. The summed E-state index contributed by atoms with van der Waals surface area (Å²) in [6, 6.07) is 12.2. The summed E-state index contributed by atoms with van der Waals surface area (Å²) in [7, 11) is 1.45. The van der Waals surface area contributed by atoms with Gasteiger partial charge in [-0.15, -0.1) is 11.3 Å². The van der Waals surface area contributed by atoms with Crippen molar-refractivity contribution in [1.82, 2.24) is 14.8 Å². The van der Waals surface area contributed by atoms with Crippen LogP contribution >= 0.6 is 22.9 Å². The highest BCUT2D eigenvalue weighted by Crippen LogP contribution is 2.24. The Morgan fingerprint density at radius 2 is 1.88 bits per heavy atom. The van der Waals surface area contributed by atoms with Crippen molar-refractivity contribution in [1.29, 1.82) is 0 Å². The van der Waals surface area contributed by atoms with Gasteiger partial charge >= 0.3 is 0 Å². The predicted molar refractivity (Wildman–Crippen MR) is 127 cm³/mol. The first kappa shape index (κ1) is 23.5. The van der Waals surface area contributed by atoms with Gasteiger partial charge in [0.25, 0.3) is 5.91 Å². The lowest BCUT2D eigenvalue weighted by molar-refractivity contribution is 0.0632. The van der Waals surface area contributed by atoms with Crippen LogP contribution in [-0.4, -0.2) is 54.0 Å². The van der Waals surface area contributed by atoms with Crippen LogP contribution in [0.4, 0.5) is 4.39 Å². The van der Waals surface area contributed by atoms with Gasteiger partial charge in [-0.3, -0.25) is 9.69 Å². The predicted octanol–water partition coefficient (Wildman–Crippen LogP) is 4.79. The first-order valence-corrected chi connectivity index (χ1v) is 11.8. The van der Waals surface area contributed by atoms with E-state index >= 15 is 0 Å². The Bertz CT molecular complexity index is 1110. The second-order valence-corrected chi connectivity index (χ2v) is 9.32. The molecule has 1 aliphatic rings. The van der Waals surface area contributed by atoms with Gasteiger partial charge in [0.15, 0.2) is 11.6 Å². The zero-order valence-electron chi connectivity index (χ0n) is 18.5. The topological polar surface area (TPSA) is 54.9 Å². The number of amides is 1. The standard InChI is InChI=1S/C24H25ClFN3O3S/c1-16-23(33-22(27-16)15-32-19-6-4-18(25)5-7-19)24(30)29-11-9-28(10-12-29)14-17-3-8-21(31-2)20(26)13-17/h3-8,13H,9-12,14-15H2,1-2H3. The van der Waals surface area contributed by atoms with Gasteiger partial charge in [0, 0.05) is 37.7 Å². The number of rotatable bonds is 7. The molecule has 2 aromatic carbocycles. The highest BCUT2D eigenvalue weighted by Gasteiger charge is 2.25. The zero-order chi connectivity index (χ0) is 23.4. The second kappa shape index (κ2) is 10.5. The Kier molecular flexibility index (Phi) is 7.47. The Balaban J connectivity index is 1.31. The first-order valence-electron chi connectivity index (χ1n) is 10.6. The highest BCUT2D eigenvalue weighted by atomic mass is 35.5. The third-order valence-electron chi connectivity index (χ3n) is 5.49. The van der Waals surface area contributed by atoms with Crippen molar-refractivity contribution in [2.45, 2.75) is 20.1 Å². The Morgan fingerprint density at radius 3 is 2.55 bits per heavy atom. The van der Waals surface area contributed by atoms with E-state index in [0.29, 0.717) is 41.9 Å². The van der Waals surface area contributed by atoms with Crippen molar-refractivity contribution in [2.75, 3.05) is 33.3 Å². The number of carbonyl (C=O) groups is 1. The molecule has 0 saturated carbocycles. The summed E-state index contributed by atoms with van der Waals surface area (Å²) in [5, 5.41) is 1.41. The fourth-order valence-electron chi connectivity index (χ4n) is 3.71. The number of piperazine rings is 1. The van der Waals surface area contributed by atoms with Crippen LogP contribution < -0.4 is 9.47 Å². The summed E-state index contributed by atoms with van der Waals surface area (Å²) >= 11 is 7.27. The van der Waals surface area contributed by atoms with E-state index in [-0.39, 0.29) is 17.5 Å². The average Bonchev–Trinajstić information content (AvgIpc) is 3.19. The SMILES string of the molecule is COc1ccc(CN2CCN(C(=O)c3sc(COc4ccc(Cl)cc4)nc3C)CC2)cc1F. The highest BCUT2D eigenvalue weighted by molar-refractivity contribution is 7.13. The lowest BCUT2D eigenvalue weighted by atomic mass is 10.1. The van der Waals surface area contributed by atoms with E-state index in [1.54, 1.807) is 30.3 Å². The smallest absolute Gasteiger partial charge is 0.265 e. The number of methoxy groups -OCH3 is 1. The molecule has 0 unspecified atom stereocenters. The molecular formula is C24H25ClFN3O3S. The van der Waals surface area contributed by atoms with E-state index in [0.717, 1.165) is 29.4 Å². The summed E-state index contributed by atoms with van der Waals surface area (Å²) in [6.45, 7) is 5.47. The molecule has 1 amide bonds. The van der Waals surface area contributed by atoms with Crippen LogP contribution in [0.2, 0.25) is 5.02 Å². The van der Waals surface area contributed by atoms with Crippen LogP contribution in [0.25, 0.3) is 0 Å². The van der Waals surface area contributed by atoms with Crippen molar-refractivity contribution in [2.24, 2.45) is 0 Å². The number of benzene rings is 2. The quantitative estimate of drug-likeness (QED) is 0.477. The molecule has 6 nitrogen and oxygen atoms in total. The molecule has 2 heterocycles. The first-order chi connectivity index (χ1) is 15.9. The monoisotopic (exact) mass is 489 g/mol. The van der Waals surface area contributed by atoms with Crippen LogP contribution in [-0.2, 0) is 13.2 Å². The summed E-state index contributed by atoms with van der Waals surface area (Å²) in [4.78, 5) is 22.3. The lowest BCUT2D eigenvalue weighted by Gasteiger charge is -2.34. The number of ether oxygens (including phenoxy) is 2. The van der Waals surface area contributed by atoms with Crippen molar-refractivity contribution >= 4 is 28.8 Å². The van der Waals surface area contributed by atoms with Crippen molar-refractivity contribution < 1.29 is 18.7 Å². The number of aromatic nitrogens is 1. The number of hydrogen-bond donors (Lipinski definition) is 0. The average molecular weight is 490 g/mol. The molecule has 9 heteroatoms. The number of hydrogen-bond acceptors (Lipinski definition) is 6. The van der Waals surface area contributed by atoms with Crippen LogP contribution in [0.3, 0.4) is 0 Å². The molecule has 4 rings (SSSR count). The molecule has 0 spiro atoms. The molecule has 0 N–H and O–H groups in total. The van der Waals surface area contributed by atoms with E-state index in [2.05, 4.69) is 9.88 Å². The van der Waals surface area contributed by atoms with Gasteiger partial charge in [0.2, 0.25) is 0 Å². The molecule has 1 saturated heterocycles. The summed E-state index contributed by atoms with van der Waals surface area (Å²) in [6.07, 6.45) is 0. The molecule has 0 aliphatic carbocycles. The fraction of sp³-hybridized carbons (Fsp3) is 0.333. The maximum Gasteiger partial charge on any atom is 0.265 e. The van der Waals surface area contributed by atoms with Crippen molar-refractivity contribution in [3.8, 4) is 11.5 Å². The van der Waals surface area contributed by atoms with Gasteiger partial charge < -0.3 is 14.4 Å². The van der Waals surface area contributed by atoms with E-state index < -0.39 is 0 Å². The second-order valence-electron chi connectivity index (χ2n) is 7.80. The molecule has 1 aromatic heterocycles. The van der Waals surface area contributed by atoms with E-state index in [1.165, 1.54) is 24.5 Å². The molecule has 174 valence electrons. The molecule has 3 aromatic rings. The number of halogens is 2. The minimum atomic E-state index is -0.361. The number of carbonyl (C=O) groups excluding carboxylic acids is 1. The molecule has 1 aliphatic heterocycles. The largest absolute Gasteiger partial charge is 0.494 e. The Morgan fingerprint density at radius 1 is 1.15 bits per heavy atom. The van der Waals surface area contributed by atoms with E-state index in [9.17, 15) is 9.18 Å². The minimum Gasteiger partial charge on any atom is -0.494 e. The fourth-order valence-corrected chi connectivity index (χ4v) is 4.78. The van der Waals surface area contributed by atoms with Crippen LogP contribution in [0.5, 0.6) is 11.5 Å². The lowest BCUT2D eigenvalue weighted by Crippen LogP contribution is -2.48. The maximum absolute atomic E-state index is 14.0. The summed E-state index contributed by atoms with van der Waals surface area (Å²) in [5.41, 5.74) is 1.60. The Labute approximate surface area is 201 Å². The molecule has 1 fully saturated rings. The van der Waals surface area contributed by atoms with Gasteiger partial charge in [0.1, 0.15) is 22.2 Å². The summed E-state index contributed by atoms with van der Waals surface area (Å²) < 4.78 is 24.7. The molecular weight excluding hydrogens is 465 g/mol. The molecule has 0 bridgehead atoms. The van der Waals surface area contributed by atoms with Crippen LogP contribution in [0, 0.1) is 12.7 Å². The molecule has 33 heavy (non-hydrogen) atoms. The molecule has 0 atom stereocenters. The third-order valence-corrected chi connectivity index (χ3v) is 6.86. The van der Waals surface area contributed by atoms with Crippen LogP contribution in [0.15, 0.2) is 42.5 Å². The Hall–Kier alpha value is -2.68. The van der Waals surface area contributed by atoms with Gasteiger partial charge in [-0.05, 0) is 48.9 Å². The normalized spacial score (nSPS) is 14.4. The zero-order valence-corrected chi connectivity index (χ0v) is 20.1. The molecule has 0 radical (unpaired) electrons. The van der Waals surface area contributed by atoms with Crippen molar-refractivity contribution in [3.05, 3.63) is 74.4 Å². The minimum absolute atomic E-state index is 0.00196.